The Labute approximate surface area is 165 Å². The van der Waals surface area contributed by atoms with Crippen molar-refractivity contribution in [2.75, 3.05) is 13.1 Å². The molecule has 1 aliphatic heterocycles. The summed E-state index contributed by atoms with van der Waals surface area (Å²) in [5.74, 6) is 0. The van der Waals surface area contributed by atoms with Crippen LogP contribution in [-0.2, 0) is 0 Å². The summed E-state index contributed by atoms with van der Waals surface area (Å²) >= 11 is 0. The van der Waals surface area contributed by atoms with Gasteiger partial charge in [0.05, 0.1) is 17.1 Å². The quantitative estimate of drug-likeness (QED) is 0.479. The first-order valence-electron chi connectivity index (χ1n) is 9.99. The van der Waals surface area contributed by atoms with Crippen LogP contribution < -0.4 is 0 Å². The van der Waals surface area contributed by atoms with Gasteiger partial charge in [-0.2, -0.15) is 0 Å². The molecule has 4 aromatic rings. The molecule has 1 saturated heterocycles. The van der Waals surface area contributed by atoms with Crippen LogP contribution in [0.5, 0.6) is 0 Å². The van der Waals surface area contributed by atoms with Crippen molar-refractivity contribution < 1.29 is 0 Å². The van der Waals surface area contributed by atoms with E-state index in [-0.39, 0.29) is 0 Å². The van der Waals surface area contributed by atoms with Gasteiger partial charge in [0.15, 0.2) is 0 Å². The smallest absolute Gasteiger partial charge is 0.0892 e. The molecule has 1 aromatic heterocycles. The molecule has 0 saturated carbocycles. The number of likely N-dealkylation sites (tertiary alicyclic amines) is 1. The predicted octanol–water partition coefficient (Wildman–Crippen LogP) is 5.48. The third-order valence-corrected chi connectivity index (χ3v) is 5.63. The first-order chi connectivity index (χ1) is 13.9. The zero-order chi connectivity index (χ0) is 18.8. The van der Waals surface area contributed by atoms with Gasteiger partial charge in [0.25, 0.3) is 0 Å². The van der Waals surface area contributed by atoms with Crippen LogP contribution in [0.1, 0.15) is 30.0 Å². The van der Waals surface area contributed by atoms with E-state index in [2.05, 4.69) is 87.7 Å². The Kier molecular flexibility index (Phi) is 4.59. The average molecular weight is 365 g/mol. The highest BCUT2D eigenvalue weighted by molar-refractivity contribution is 5.81. The van der Waals surface area contributed by atoms with E-state index in [0.717, 1.165) is 24.1 Å². The van der Waals surface area contributed by atoms with Crippen LogP contribution in [0.25, 0.3) is 22.2 Å². The molecule has 0 amide bonds. The molecule has 138 valence electrons. The molecule has 2 heterocycles. The van der Waals surface area contributed by atoms with Gasteiger partial charge >= 0.3 is 0 Å². The Balaban J connectivity index is 1.57. The molecule has 1 atom stereocenters. The summed E-state index contributed by atoms with van der Waals surface area (Å²) in [6.45, 7) is 2.32. The van der Waals surface area contributed by atoms with Crippen LogP contribution in [0, 0.1) is 0 Å². The van der Waals surface area contributed by atoms with Crippen LogP contribution in [0.2, 0.25) is 0 Å². The van der Waals surface area contributed by atoms with E-state index in [1.807, 2.05) is 0 Å². The predicted molar refractivity (Wildman–Crippen MR) is 114 cm³/mol. The number of aromatic nitrogens is 2. The van der Waals surface area contributed by atoms with Crippen molar-refractivity contribution in [3.63, 3.8) is 0 Å². The van der Waals surface area contributed by atoms with Gasteiger partial charge in [-0.25, -0.2) is 0 Å². The van der Waals surface area contributed by atoms with Crippen molar-refractivity contribution in [2.24, 2.45) is 0 Å². The minimum absolute atomic E-state index is 0.309. The Morgan fingerprint density at radius 1 is 0.643 bits per heavy atom. The zero-order valence-corrected chi connectivity index (χ0v) is 15.8. The zero-order valence-electron chi connectivity index (χ0n) is 15.8. The van der Waals surface area contributed by atoms with Gasteiger partial charge in [0.2, 0.25) is 0 Å². The van der Waals surface area contributed by atoms with E-state index in [4.69, 9.17) is 0 Å². The van der Waals surface area contributed by atoms with Crippen molar-refractivity contribution >= 4 is 11.0 Å². The normalized spacial score (nSPS) is 15.7. The van der Waals surface area contributed by atoms with Gasteiger partial charge in [0.1, 0.15) is 0 Å². The molecular formula is C25H23N3. The second-order valence-electron chi connectivity index (χ2n) is 7.44. The highest BCUT2D eigenvalue weighted by atomic mass is 15.2. The molecule has 0 bridgehead atoms. The van der Waals surface area contributed by atoms with E-state index in [1.54, 1.807) is 12.4 Å². The fraction of sp³-hybridized carbons (Fsp3) is 0.200. The third kappa shape index (κ3) is 3.30. The van der Waals surface area contributed by atoms with Gasteiger partial charge in [-0.1, -0.05) is 54.6 Å². The van der Waals surface area contributed by atoms with Crippen molar-refractivity contribution in [1.82, 2.24) is 14.9 Å². The Bertz CT molecular complexity index is 1080. The lowest BCUT2D eigenvalue weighted by molar-refractivity contribution is 0.281. The monoisotopic (exact) mass is 365 g/mol. The maximum Gasteiger partial charge on any atom is 0.0892 e. The first-order valence-corrected chi connectivity index (χ1v) is 9.99. The topological polar surface area (TPSA) is 29.0 Å². The number of hydrogen-bond donors (Lipinski definition) is 0. The Hall–Kier alpha value is -3.04. The lowest BCUT2D eigenvalue weighted by Gasteiger charge is -2.29. The molecular weight excluding hydrogens is 342 g/mol. The Morgan fingerprint density at radius 2 is 1.36 bits per heavy atom. The van der Waals surface area contributed by atoms with Crippen LogP contribution in [-0.4, -0.2) is 28.0 Å². The number of hydrogen-bond acceptors (Lipinski definition) is 3. The highest BCUT2D eigenvalue weighted by Crippen LogP contribution is 2.34. The molecule has 5 rings (SSSR count). The van der Waals surface area contributed by atoms with E-state index in [0.29, 0.717) is 6.04 Å². The average Bonchev–Trinajstić information content (AvgIpc) is 3.29. The van der Waals surface area contributed by atoms with Crippen LogP contribution in [0.3, 0.4) is 0 Å². The maximum atomic E-state index is 4.46. The Morgan fingerprint density at radius 3 is 2.18 bits per heavy atom. The number of fused-ring (bicyclic) bond motifs is 1. The molecule has 28 heavy (non-hydrogen) atoms. The largest absolute Gasteiger partial charge is 0.292 e. The summed E-state index contributed by atoms with van der Waals surface area (Å²) in [6, 6.07) is 26.5. The summed E-state index contributed by atoms with van der Waals surface area (Å²) in [5.41, 5.74) is 7.00. The van der Waals surface area contributed by atoms with Crippen molar-refractivity contribution in [2.45, 2.75) is 18.9 Å². The minimum atomic E-state index is 0.309. The van der Waals surface area contributed by atoms with Crippen LogP contribution >= 0.6 is 0 Å². The van der Waals surface area contributed by atoms with Gasteiger partial charge in [0, 0.05) is 12.4 Å². The summed E-state index contributed by atoms with van der Waals surface area (Å²) in [4.78, 5) is 11.5. The second-order valence-corrected chi connectivity index (χ2v) is 7.44. The van der Waals surface area contributed by atoms with E-state index < -0.39 is 0 Å². The number of rotatable bonds is 4. The van der Waals surface area contributed by atoms with Gasteiger partial charge in [-0.3, -0.25) is 14.9 Å². The van der Waals surface area contributed by atoms with E-state index >= 15 is 0 Å². The molecule has 3 heteroatoms. The van der Waals surface area contributed by atoms with Gasteiger partial charge in [-0.15, -0.1) is 0 Å². The van der Waals surface area contributed by atoms with Crippen LogP contribution in [0.15, 0.2) is 85.2 Å². The van der Waals surface area contributed by atoms with Gasteiger partial charge < -0.3 is 0 Å². The SMILES string of the molecule is c1ccc([C@H](c2cccc(-c3ccc4nccnc4c3)c2)N2CCCC2)cc1. The maximum absolute atomic E-state index is 4.46. The summed E-state index contributed by atoms with van der Waals surface area (Å²) in [6.07, 6.45) is 6.06. The fourth-order valence-corrected chi connectivity index (χ4v) is 4.28. The molecule has 0 unspecified atom stereocenters. The molecule has 0 N–H and O–H groups in total. The van der Waals surface area contributed by atoms with Crippen LogP contribution in [0.4, 0.5) is 0 Å². The standard InChI is InChI=1S/C25H23N3/c1-2-7-19(8-3-1)25(28-15-4-5-16-28)22-10-6-9-20(17-22)21-11-12-23-24(18-21)27-14-13-26-23/h1-3,6-14,17-18,25H,4-5,15-16H2/t25-/m1/s1. The molecule has 3 aromatic carbocycles. The summed E-state index contributed by atoms with van der Waals surface area (Å²) in [7, 11) is 0. The minimum Gasteiger partial charge on any atom is -0.292 e. The third-order valence-electron chi connectivity index (χ3n) is 5.63. The van der Waals surface area contributed by atoms with E-state index in [1.165, 1.54) is 35.1 Å². The highest BCUT2D eigenvalue weighted by Gasteiger charge is 2.25. The van der Waals surface area contributed by atoms with Crippen molar-refractivity contribution in [1.29, 1.82) is 0 Å². The molecule has 3 nitrogen and oxygen atoms in total. The second kappa shape index (κ2) is 7.53. The number of nitrogens with zero attached hydrogens (tertiary/aromatic N) is 3. The van der Waals surface area contributed by atoms with Crippen molar-refractivity contribution in [3.05, 3.63) is 96.3 Å². The lowest BCUT2D eigenvalue weighted by atomic mass is 9.94. The molecule has 0 radical (unpaired) electrons. The first kappa shape index (κ1) is 17.1. The van der Waals surface area contributed by atoms with Crippen molar-refractivity contribution in [3.8, 4) is 11.1 Å². The molecule has 0 spiro atoms. The van der Waals surface area contributed by atoms with E-state index in [9.17, 15) is 0 Å². The lowest BCUT2D eigenvalue weighted by Crippen LogP contribution is -2.26. The summed E-state index contributed by atoms with van der Waals surface area (Å²) in [5, 5.41) is 0. The fourth-order valence-electron chi connectivity index (χ4n) is 4.28. The number of benzene rings is 3. The van der Waals surface area contributed by atoms with Gasteiger partial charge in [-0.05, 0) is 66.4 Å². The molecule has 1 aliphatic rings. The molecule has 0 aliphatic carbocycles. The molecule has 1 fully saturated rings. The summed E-state index contributed by atoms with van der Waals surface area (Å²) < 4.78 is 0.